The Morgan fingerprint density at radius 3 is 2.33 bits per heavy atom. The van der Waals surface area contributed by atoms with E-state index in [9.17, 15) is 8.42 Å². The Kier molecular flexibility index (Phi) is 3.73. The van der Waals surface area contributed by atoms with Crippen LogP contribution in [-0.2, 0) is 9.84 Å². The van der Waals surface area contributed by atoms with Gasteiger partial charge in [0.25, 0.3) is 0 Å². The quantitative estimate of drug-likeness (QED) is 0.869. The minimum Gasteiger partial charge on any atom is -0.495 e. The maximum absolute atomic E-state index is 12.5. The zero-order valence-corrected chi connectivity index (χ0v) is 12.0. The number of hydrogen-bond acceptors (Lipinski definition) is 3. The van der Waals surface area contributed by atoms with Gasteiger partial charge < -0.3 is 4.74 Å². The van der Waals surface area contributed by atoms with Crippen molar-refractivity contribution in [3.63, 3.8) is 0 Å². The maximum atomic E-state index is 12.5. The summed E-state index contributed by atoms with van der Waals surface area (Å²) in [4.78, 5) is 0.409. The molecule has 0 amide bonds. The Bertz CT molecular complexity index is 651. The lowest BCUT2D eigenvalue weighted by Crippen LogP contribution is -2.04. The van der Waals surface area contributed by atoms with Gasteiger partial charge in [-0.05, 0) is 30.3 Å². The van der Waals surface area contributed by atoms with Crippen LogP contribution >= 0.6 is 15.9 Å². The molecular weight excluding hydrogens is 316 g/mol. The van der Waals surface area contributed by atoms with Gasteiger partial charge in [-0.25, -0.2) is 8.42 Å². The maximum Gasteiger partial charge on any atom is 0.210 e. The third kappa shape index (κ3) is 2.42. The third-order valence-corrected chi connectivity index (χ3v) is 4.75. The first-order valence-electron chi connectivity index (χ1n) is 5.19. The van der Waals surface area contributed by atoms with Gasteiger partial charge in [0.05, 0.1) is 12.0 Å². The average Bonchev–Trinajstić information content (AvgIpc) is 2.39. The zero-order valence-electron chi connectivity index (χ0n) is 9.63. The van der Waals surface area contributed by atoms with Crippen LogP contribution < -0.4 is 4.74 Å². The van der Waals surface area contributed by atoms with Crippen molar-refractivity contribution in [1.29, 1.82) is 0 Å². The van der Waals surface area contributed by atoms with Crippen LogP contribution in [0.25, 0.3) is 0 Å². The Hall–Kier alpha value is -1.33. The third-order valence-electron chi connectivity index (χ3n) is 2.47. The Labute approximate surface area is 114 Å². The molecule has 0 atom stereocenters. The van der Waals surface area contributed by atoms with E-state index in [1.807, 2.05) is 0 Å². The topological polar surface area (TPSA) is 43.4 Å². The van der Waals surface area contributed by atoms with E-state index in [0.29, 0.717) is 10.2 Å². The largest absolute Gasteiger partial charge is 0.495 e. The van der Waals surface area contributed by atoms with Crippen LogP contribution in [0.1, 0.15) is 0 Å². The molecule has 0 spiro atoms. The fraction of sp³-hybridized carbons (Fsp3) is 0.0769. The van der Waals surface area contributed by atoms with E-state index in [1.165, 1.54) is 7.11 Å². The van der Waals surface area contributed by atoms with Crippen LogP contribution in [0.4, 0.5) is 0 Å². The number of halogens is 1. The van der Waals surface area contributed by atoms with Crippen LogP contribution in [0, 0.1) is 0 Å². The summed E-state index contributed by atoms with van der Waals surface area (Å²) in [6.07, 6.45) is 0. The van der Waals surface area contributed by atoms with Crippen molar-refractivity contribution < 1.29 is 13.2 Å². The molecule has 0 aliphatic carbocycles. The molecule has 0 fully saturated rings. The van der Waals surface area contributed by atoms with E-state index in [4.69, 9.17) is 4.74 Å². The molecule has 0 radical (unpaired) electrons. The molecule has 2 rings (SSSR count). The molecule has 0 N–H and O–H groups in total. The molecule has 0 saturated heterocycles. The van der Waals surface area contributed by atoms with Crippen LogP contribution in [0.15, 0.2) is 62.8 Å². The van der Waals surface area contributed by atoms with Gasteiger partial charge in [0, 0.05) is 4.47 Å². The highest BCUT2D eigenvalue weighted by Gasteiger charge is 2.22. The van der Waals surface area contributed by atoms with Crippen molar-refractivity contribution in [3.8, 4) is 5.75 Å². The molecule has 0 heterocycles. The predicted octanol–water partition coefficient (Wildman–Crippen LogP) is 3.29. The second kappa shape index (κ2) is 5.12. The predicted molar refractivity (Wildman–Crippen MR) is 72.6 cm³/mol. The summed E-state index contributed by atoms with van der Waals surface area (Å²) in [6.45, 7) is 0. The van der Waals surface area contributed by atoms with E-state index in [0.717, 1.165) is 0 Å². The van der Waals surface area contributed by atoms with Gasteiger partial charge in [0.1, 0.15) is 10.6 Å². The van der Waals surface area contributed by atoms with Crippen molar-refractivity contribution in [1.82, 2.24) is 0 Å². The molecule has 2 aromatic carbocycles. The Morgan fingerprint density at radius 2 is 1.72 bits per heavy atom. The lowest BCUT2D eigenvalue weighted by atomic mass is 10.3. The fourth-order valence-corrected chi connectivity index (χ4v) is 3.57. The van der Waals surface area contributed by atoms with E-state index >= 15 is 0 Å². The Balaban J connectivity index is 2.65. The number of ether oxygens (including phenoxy) is 1. The monoisotopic (exact) mass is 326 g/mol. The smallest absolute Gasteiger partial charge is 0.210 e. The summed E-state index contributed by atoms with van der Waals surface area (Å²) in [5.74, 6) is 0.335. The number of hydrogen-bond donors (Lipinski definition) is 0. The molecule has 0 aliphatic rings. The SMILES string of the molecule is COc1ccc(Br)cc1S(=O)(=O)c1ccccc1. The van der Waals surface area contributed by atoms with Gasteiger partial charge in [-0.1, -0.05) is 34.1 Å². The Morgan fingerprint density at radius 1 is 1.06 bits per heavy atom. The van der Waals surface area contributed by atoms with E-state index in [2.05, 4.69) is 15.9 Å². The molecule has 2 aromatic rings. The van der Waals surface area contributed by atoms with Crippen molar-refractivity contribution in [2.45, 2.75) is 9.79 Å². The van der Waals surface area contributed by atoms with E-state index in [1.54, 1.807) is 48.5 Å². The van der Waals surface area contributed by atoms with Crippen molar-refractivity contribution in [3.05, 3.63) is 53.0 Å². The molecule has 94 valence electrons. The van der Waals surface area contributed by atoms with Gasteiger partial charge >= 0.3 is 0 Å². The van der Waals surface area contributed by atoms with Crippen LogP contribution in [0.3, 0.4) is 0 Å². The molecule has 0 aromatic heterocycles. The highest BCUT2D eigenvalue weighted by Crippen LogP contribution is 2.31. The van der Waals surface area contributed by atoms with Gasteiger partial charge in [-0.2, -0.15) is 0 Å². The lowest BCUT2D eigenvalue weighted by molar-refractivity contribution is 0.402. The van der Waals surface area contributed by atoms with Gasteiger partial charge in [-0.15, -0.1) is 0 Å². The zero-order chi connectivity index (χ0) is 13.2. The lowest BCUT2D eigenvalue weighted by Gasteiger charge is -2.10. The van der Waals surface area contributed by atoms with Crippen molar-refractivity contribution in [2.24, 2.45) is 0 Å². The molecule has 5 heteroatoms. The molecule has 0 saturated carbocycles. The van der Waals surface area contributed by atoms with Gasteiger partial charge in [0.15, 0.2) is 0 Å². The van der Waals surface area contributed by atoms with Crippen LogP contribution in [-0.4, -0.2) is 15.5 Å². The molecular formula is C13H11BrO3S. The first-order chi connectivity index (χ1) is 8.55. The summed E-state index contributed by atoms with van der Waals surface area (Å²) < 4.78 is 30.7. The number of methoxy groups -OCH3 is 1. The van der Waals surface area contributed by atoms with Crippen LogP contribution in [0.5, 0.6) is 5.75 Å². The van der Waals surface area contributed by atoms with Crippen molar-refractivity contribution in [2.75, 3.05) is 7.11 Å². The normalized spacial score (nSPS) is 11.2. The highest BCUT2D eigenvalue weighted by atomic mass is 79.9. The average molecular weight is 327 g/mol. The van der Waals surface area contributed by atoms with E-state index < -0.39 is 9.84 Å². The first-order valence-corrected chi connectivity index (χ1v) is 7.47. The summed E-state index contributed by atoms with van der Waals surface area (Å²) in [7, 11) is -2.11. The van der Waals surface area contributed by atoms with Crippen molar-refractivity contribution >= 4 is 25.8 Å². The molecule has 0 bridgehead atoms. The molecule has 0 unspecified atom stereocenters. The first kappa shape index (κ1) is 13.1. The number of benzene rings is 2. The standard InChI is InChI=1S/C13H11BrO3S/c1-17-12-8-7-10(14)9-13(12)18(15,16)11-5-3-2-4-6-11/h2-9H,1H3. The minimum absolute atomic E-state index is 0.158. The summed E-state index contributed by atoms with van der Waals surface area (Å²) in [5.41, 5.74) is 0. The molecule has 3 nitrogen and oxygen atoms in total. The molecule has 18 heavy (non-hydrogen) atoms. The molecule has 0 aliphatic heterocycles. The number of sulfone groups is 1. The van der Waals surface area contributed by atoms with Crippen LogP contribution in [0.2, 0.25) is 0 Å². The fourth-order valence-electron chi connectivity index (χ4n) is 1.59. The second-order valence-electron chi connectivity index (χ2n) is 3.61. The summed E-state index contributed by atoms with van der Waals surface area (Å²) in [6, 6.07) is 13.2. The summed E-state index contributed by atoms with van der Waals surface area (Å²) in [5, 5.41) is 0. The van der Waals surface area contributed by atoms with E-state index in [-0.39, 0.29) is 9.79 Å². The van der Waals surface area contributed by atoms with Gasteiger partial charge in [0.2, 0.25) is 9.84 Å². The highest BCUT2D eigenvalue weighted by molar-refractivity contribution is 9.10. The minimum atomic E-state index is -3.56. The number of rotatable bonds is 3. The summed E-state index contributed by atoms with van der Waals surface area (Å²) >= 11 is 3.27. The second-order valence-corrected chi connectivity index (χ2v) is 6.45. The van der Waals surface area contributed by atoms with Gasteiger partial charge in [-0.3, -0.25) is 0 Å².